The van der Waals surface area contributed by atoms with Crippen LogP contribution in [0.2, 0.25) is 0 Å². The highest BCUT2D eigenvalue weighted by Crippen LogP contribution is 2.51. The second-order valence-corrected chi connectivity index (χ2v) is 21.9. The summed E-state index contributed by atoms with van der Waals surface area (Å²) < 4.78 is 0. The summed E-state index contributed by atoms with van der Waals surface area (Å²) >= 11 is 0. The lowest BCUT2D eigenvalue weighted by Gasteiger charge is -2.43. The van der Waals surface area contributed by atoms with Gasteiger partial charge in [0.25, 0.3) is 0 Å². The van der Waals surface area contributed by atoms with E-state index in [-0.39, 0.29) is 10.8 Å². The number of rotatable bonds is 8. The van der Waals surface area contributed by atoms with Crippen molar-refractivity contribution < 1.29 is 0 Å². The molecule has 4 aliphatic rings. The highest BCUT2D eigenvalue weighted by Gasteiger charge is 2.42. The minimum absolute atomic E-state index is 0.189. The summed E-state index contributed by atoms with van der Waals surface area (Å²) in [5, 5.41) is 8.11. The summed E-state index contributed by atoms with van der Waals surface area (Å²) in [6.45, 7) is 9.90. The fraction of sp³-hybridized carbons (Fsp3) is 0.139. The van der Waals surface area contributed by atoms with Crippen LogP contribution in [0.5, 0.6) is 0 Å². The number of hydrogen-bond donors (Lipinski definition) is 0. The molecule has 0 amide bonds. The molecule has 0 radical (unpaired) electrons. The van der Waals surface area contributed by atoms with Gasteiger partial charge in [0.1, 0.15) is 0 Å². The molecule has 0 atom stereocenters. The SMILES string of the molecule is CC1(C)C2=C(CCC(N(c3ccccc3)c3ccc(-c4cccc5ccccc45)cc3)=C2)C2=c3c1ccc1c3=C(CC2)c2ccc(N(c3ccccc3)c3ccc(-c4cccc5ccccc45)cc3)cc2C1(C)C. The van der Waals surface area contributed by atoms with Crippen molar-refractivity contribution in [2.75, 3.05) is 9.80 Å². The molecule has 74 heavy (non-hydrogen) atoms. The van der Waals surface area contributed by atoms with Crippen LogP contribution in [0, 0.1) is 0 Å². The van der Waals surface area contributed by atoms with Gasteiger partial charge in [-0.25, -0.2) is 0 Å². The Kier molecular flexibility index (Phi) is 10.2. The number of hydrogen-bond acceptors (Lipinski definition) is 2. The molecule has 0 saturated carbocycles. The fourth-order valence-corrected chi connectivity index (χ4v) is 13.5. The van der Waals surface area contributed by atoms with Gasteiger partial charge < -0.3 is 9.80 Å². The smallest absolute Gasteiger partial charge is 0.0465 e. The Morgan fingerprint density at radius 1 is 0.324 bits per heavy atom. The van der Waals surface area contributed by atoms with Gasteiger partial charge in [-0.05, 0) is 191 Å². The number of anilines is 5. The van der Waals surface area contributed by atoms with E-state index in [1.807, 2.05) is 0 Å². The molecule has 10 aromatic rings. The van der Waals surface area contributed by atoms with Crippen LogP contribution in [-0.2, 0) is 10.8 Å². The van der Waals surface area contributed by atoms with Crippen LogP contribution in [0.15, 0.2) is 247 Å². The van der Waals surface area contributed by atoms with E-state index in [9.17, 15) is 0 Å². The molecule has 10 aromatic carbocycles. The number of para-hydroxylation sites is 2. The molecular weight excluding hydrogens is 893 g/mol. The zero-order valence-electron chi connectivity index (χ0n) is 42.7. The zero-order valence-corrected chi connectivity index (χ0v) is 42.7. The standard InChI is InChI=1S/C72H58N2/c1-71(2)65-43-44-66-70-64(62-40-38-56(46-68(62)72(66,3)4)74(52-23-9-6-10-24-52)54-35-31-50(32-36-54)60-28-16-20-48-18-12-14-26-58(48)60)42-41-63(69(65)70)61-39-37-55(45-67(61)71)73(51-21-7-5-8-22-51)53-33-29-49(30-34-53)59-27-15-19-47-17-11-13-25-57(47)59/h5-37,39,43-46H,38,40-42H2,1-4H3. The predicted octanol–water partition coefficient (Wildman–Crippen LogP) is 17.7. The molecule has 0 heterocycles. The molecule has 0 unspecified atom stereocenters. The normalized spacial score (nSPS) is 15.8. The van der Waals surface area contributed by atoms with Crippen molar-refractivity contribution in [3.63, 3.8) is 0 Å². The first-order valence-corrected chi connectivity index (χ1v) is 26.6. The van der Waals surface area contributed by atoms with Crippen LogP contribution in [0.3, 0.4) is 0 Å². The van der Waals surface area contributed by atoms with E-state index in [4.69, 9.17) is 0 Å². The van der Waals surface area contributed by atoms with E-state index in [0.717, 1.165) is 37.1 Å². The van der Waals surface area contributed by atoms with Crippen molar-refractivity contribution in [1.29, 1.82) is 0 Å². The van der Waals surface area contributed by atoms with Gasteiger partial charge in [0.15, 0.2) is 0 Å². The highest BCUT2D eigenvalue weighted by atomic mass is 15.2. The molecule has 0 fully saturated rings. The minimum atomic E-state index is -0.222. The molecule has 2 nitrogen and oxygen atoms in total. The van der Waals surface area contributed by atoms with Gasteiger partial charge in [0.05, 0.1) is 0 Å². The molecule has 4 aliphatic carbocycles. The second kappa shape index (κ2) is 17.1. The number of allylic oxidation sites excluding steroid dienone is 4. The van der Waals surface area contributed by atoms with Gasteiger partial charge >= 0.3 is 0 Å². The maximum Gasteiger partial charge on any atom is 0.0465 e. The van der Waals surface area contributed by atoms with Gasteiger partial charge in [0.2, 0.25) is 0 Å². The lowest BCUT2D eigenvalue weighted by molar-refractivity contribution is 0.592. The molecule has 14 rings (SSSR count). The van der Waals surface area contributed by atoms with E-state index < -0.39 is 0 Å². The third-order valence-corrected chi connectivity index (χ3v) is 17.1. The number of nitrogens with zero attached hydrogens (tertiary/aromatic N) is 2. The molecule has 0 aromatic heterocycles. The first kappa shape index (κ1) is 44.3. The highest BCUT2D eigenvalue weighted by molar-refractivity contribution is 5.98. The maximum atomic E-state index is 2.58. The Morgan fingerprint density at radius 3 is 1.39 bits per heavy atom. The summed E-state index contributed by atoms with van der Waals surface area (Å²) in [6.07, 6.45) is 6.66. The van der Waals surface area contributed by atoms with Gasteiger partial charge in [-0.2, -0.15) is 0 Å². The Hall–Kier alpha value is -8.46. The van der Waals surface area contributed by atoms with E-state index in [1.165, 1.54) is 110 Å². The second-order valence-electron chi connectivity index (χ2n) is 21.9. The van der Waals surface area contributed by atoms with Crippen molar-refractivity contribution in [2.24, 2.45) is 0 Å². The van der Waals surface area contributed by atoms with Gasteiger partial charge in [0, 0.05) is 45.0 Å². The van der Waals surface area contributed by atoms with Crippen LogP contribution < -0.4 is 20.2 Å². The Labute approximate surface area is 435 Å². The summed E-state index contributed by atoms with van der Waals surface area (Å²) in [5.41, 5.74) is 23.6. The van der Waals surface area contributed by atoms with Crippen molar-refractivity contribution in [3.8, 4) is 22.3 Å². The molecule has 0 N–H and O–H groups in total. The summed E-state index contributed by atoms with van der Waals surface area (Å²) in [4.78, 5) is 4.95. The summed E-state index contributed by atoms with van der Waals surface area (Å²) in [6, 6.07) is 83.2. The van der Waals surface area contributed by atoms with Crippen LogP contribution in [0.25, 0.3) is 54.9 Å². The van der Waals surface area contributed by atoms with Crippen LogP contribution in [-0.4, -0.2) is 0 Å². The predicted molar refractivity (Wildman–Crippen MR) is 312 cm³/mol. The first-order valence-electron chi connectivity index (χ1n) is 26.6. The number of fused-ring (bicyclic) bond motifs is 5. The first-order chi connectivity index (χ1) is 36.2. The topological polar surface area (TPSA) is 6.48 Å². The van der Waals surface area contributed by atoms with Crippen LogP contribution in [0.4, 0.5) is 28.4 Å². The van der Waals surface area contributed by atoms with Crippen LogP contribution >= 0.6 is 0 Å². The average Bonchev–Trinajstić information content (AvgIpc) is 3.47. The van der Waals surface area contributed by atoms with Crippen molar-refractivity contribution in [1.82, 2.24) is 0 Å². The van der Waals surface area contributed by atoms with Gasteiger partial charge in [-0.1, -0.05) is 191 Å². The molecule has 2 heteroatoms. The summed E-state index contributed by atoms with van der Waals surface area (Å²) in [7, 11) is 0. The van der Waals surface area contributed by atoms with E-state index >= 15 is 0 Å². The van der Waals surface area contributed by atoms with E-state index in [2.05, 4.69) is 268 Å². The van der Waals surface area contributed by atoms with Crippen molar-refractivity contribution in [3.05, 3.63) is 280 Å². The zero-order chi connectivity index (χ0) is 49.7. The molecular formula is C72H58N2. The monoisotopic (exact) mass is 950 g/mol. The Balaban J connectivity index is 0.865. The largest absolute Gasteiger partial charge is 0.314 e. The van der Waals surface area contributed by atoms with Crippen molar-refractivity contribution in [2.45, 2.75) is 64.2 Å². The van der Waals surface area contributed by atoms with Gasteiger partial charge in [-0.15, -0.1) is 0 Å². The number of benzene rings is 10. The third kappa shape index (κ3) is 6.92. The van der Waals surface area contributed by atoms with E-state index in [1.54, 1.807) is 11.1 Å². The maximum absolute atomic E-state index is 2.58. The Bertz CT molecular complexity index is 4090. The lowest BCUT2D eigenvalue weighted by atomic mass is 9.61. The average molecular weight is 951 g/mol. The quantitative estimate of drug-likeness (QED) is 0.150. The Morgan fingerprint density at radius 2 is 0.784 bits per heavy atom. The molecule has 0 saturated heterocycles. The summed E-state index contributed by atoms with van der Waals surface area (Å²) in [5.74, 6) is 0. The third-order valence-electron chi connectivity index (χ3n) is 17.1. The van der Waals surface area contributed by atoms with Crippen molar-refractivity contribution >= 4 is 61.1 Å². The van der Waals surface area contributed by atoms with E-state index in [0.29, 0.717) is 0 Å². The lowest BCUT2D eigenvalue weighted by Crippen LogP contribution is -2.50. The molecule has 0 spiro atoms. The minimum Gasteiger partial charge on any atom is -0.314 e. The molecule has 0 bridgehead atoms. The fourth-order valence-electron chi connectivity index (χ4n) is 13.5. The molecule has 0 aliphatic heterocycles. The van der Waals surface area contributed by atoms with Crippen LogP contribution in [0.1, 0.15) is 75.6 Å². The molecule has 356 valence electrons. The van der Waals surface area contributed by atoms with Gasteiger partial charge in [-0.3, -0.25) is 0 Å².